The molecule has 0 unspecified atom stereocenters. The summed E-state index contributed by atoms with van der Waals surface area (Å²) in [6, 6.07) is 7.51. The average molecular weight is 209 g/mol. The number of aryl methyl sites for hydroxylation is 1. The predicted octanol–water partition coefficient (Wildman–Crippen LogP) is 1.46. The maximum Gasteiger partial charge on any atom is 0.170 e. The van der Waals surface area contributed by atoms with Crippen LogP contribution in [-0.2, 0) is 17.8 Å². The molecule has 0 spiro atoms. The van der Waals surface area contributed by atoms with Crippen molar-refractivity contribution in [1.29, 1.82) is 0 Å². The maximum absolute atomic E-state index is 11.1. The van der Waals surface area contributed by atoms with Crippen LogP contribution in [0, 0.1) is 6.92 Å². The fourth-order valence-corrected chi connectivity index (χ4v) is 2.53. The zero-order chi connectivity index (χ0) is 10.3. The monoisotopic (exact) mass is 209 g/mol. The lowest BCUT2D eigenvalue weighted by Crippen LogP contribution is -1.91. The molecule has 0 saturated heterocycles. The summed E-state index contributed by atoms with van der Waals surface area (Å²) in [6.45, 7) is 1.82. The molecule has 0 aliphatic carbocycles. The number of rotatable bonds is 1. The van der Waals surface area contributed by atoms with Gasteiger partial charge >= 0.3 is 0 Å². The van der Waals surface area contributed by atoms with Crippen molar-refractivity contribution in [3.63, 3.8) is 0 Å². The second-order valence-corrected chi connectivity index (χ2v) is 4.23. The maximum atomic E-state index is 11.1. The Balaban J connectivity index is 3.02. The molecule has 0 N–H and O–H groups in total. The zero-order valence-corrected chi connectivity index (χ0v) is 8.91. The van der Waals surface area contributed by atoms with Gasteiger partial charge in [0.25, 0.3) is 0 Å². The van der Waals surface area contributed by atoms with Crippen molar-refractivity contribution in [2.24, 2.45) is 7.05 Å². The molecular formula is C10H11NO2S. The van der Waals surface area contributed by atoms with E-state index in [0.29, 0.717) is 4.90 Å². The predicted molar refractivity (Wildman–Crippen MR) is 56.2 cm³/mol. The van der Waals surface area contributed by atoms with E-state index in [-0.39, 0.29) is 0 Å². The summed E-state index contributed by atoms with van der Waals surface area (Å²) in [6.07, 6.45) is 0. The minimum absolute atomic E-state index is 0.443. The number of hydrogen-bond acceptors (Lipinski definition) is 2. The Morgan fingerprint density at radius 3 is 2.50 bits per heavy atom. The van der Waals surface area contributed by atoms with E-state index in [9.17, 15) is 8.42 Å². The van der Waals surface area contributed by atoms with Crippen molar-refractivity contribution in [2.75, 3.05) is 0 Å². The van der Waals surface area contributed by atoms with Gasteiger partial charge in [0, 0.05) is 23.6 Å². The summed E-state index contributed by atoms with van der Waals surface area (Å²) in [4.78, 5) is 0.443. The van der Waals surface area contributed by atoms with Gasteiger partial charge in [-0.05, 0) is 13.0 Å². The van der Waals surface area contributed by atoms with Crippen molar-refractivity contribution >= 4 is 21.6 Å². The highest BCUT2D eigenvalue weighted by molar-refractivity contribution is 7.72. The topological polar surface area (TPSA) is 39.1 Å². The molecule has 1 aromatic carbocycles. The standard InChI is InChI=1S/C10H11NO2S/c1-7-10(14(12)13)8-5-3-4-6-9(8)11(7)2/h3-6,14H,1-2H3. The van der Waals surface area contributed by atoms with E-state index in [0.717, 1.165) is 16.6 Å². The van der Waals surface area contributed by atoms with Gasteiger partial charge in [0.15, 0.2) is 10.7 Å². The number of hydrogen-bond donors (Lipinski definition) is 1. The molecule has 74 valence electrons. The Labute approximate surface area is 83.9 Å². The first kappa shape index (κ1) is 9.27. The minimum Gasteiger partial charge on any atom is -0.347 e. The molecule has 14 heavy (non-hydrogen) atoms. The first-order valence-electron chi connectivity index (χ1n) is 4.31. The molecule has 0 atom stereocenters. The van der Waals surface area contributed by atoms with Gasteiger partial charge in [-0.25, -0.2) is 8.42 Å². The third-order valence-corrected chi connectivity index (χ3v) is 3.48. The van der Waals surface area contributed by atoms with Gasteiger partial charge in [0.05, 0.1) is 4.90 Å². The molecule has 2 aromatic rings. The van der Waals surface area contributed by atoms with Crippen LogP contribution in [0.3, 0.4) is 0 Å². The lowest BCUT2D eigenvalue weighted by atomic mass is 10.2. The molecule has 4 heteroatoms. The molecule has 3 nitrogen and oxygen atoms in total. The first-order valence-corrected chi connectivity index (χ1v) is 5.49. The summed E-state index contributed by atoms with van der Waals surface area (Å²) in [5, 5.41) is 0.809. The largest absolute Gasteiger partial charge is 0.347 e. The molecule has 2 rings (SSSR count). The van der Waals surface area contributed by atoms with Gasteiger partial charge in [-0.15, -0.1) is 0 Å². The van der Waals surface area contributed by atoms with Crippen LogP contribution < -0.4 is 0 Å². The Morgan fingerprint density at radius 1 is 1.21 bits per heavy atom. The fraction of sp³-hybridized carbons (Fsp3) is 0.200. The highest BCUT2D eigenvalue weighted by Crippen LogP contribution is 2.25. The Hall–Kier alpha value is -1.29. The van der Waals surface area contributed by atoms with Crippen LogP contribution in [0.15, 0.2) is 29.2 Å². The van der Waals surface area contributed by atoms with Gasteiger partial charge in [-0.3, -0.25) is 0 Å². The molecule has 0 amide bonds. The second kappa shape index (κ2) is 3.13. The zero-order valence-electron chi connectivity index (χ0n) is 8.02. The smallest absolute Gasteiger partial charge is 0.170 e. The van der Waals surface area contributed by atoms with E-state index in [1.54, 1.807) is 0 Å². The lowest BCUT2D eigenvalue weighted by Gasteiger charge is -1.96. The minimum atomic E-state index is -2.52. The van der Waals surface area contributed by atoms with Crippen molar-refractivity contribution in [1.82, 2.24) is 4.57 Å². The molecule has 1 heterocycles. The van der Waals surface area contributed by atoms with E-state index < -0.39 is 10.7 Å². The third-order valence-electron chi connectivity index (χ3n) is 2.55. The van der Waals surface area contributed by atoms with E-state index in [1.165, 1.54) is 0 Å². The fourth-order valence-electron chi connectivity index (χ4n) is 1.73. The van der Waals surface area contributed by atoms with E-state index >= 15 is 0 Å². The highest BCUT2D eigenvalue weighted by Gasteiger charge is 2.12. The number of thiol groups is 1. The summed E-state index contributed by atoms with van der Waals surface area (Å²) in [5.41, 5.74) is 1.75. The number of aromatic nitrogens is 1. The van der Waals surface area contributed by atoms with Crippen molar-refractivity contribution < 1.29 is 8.42 Å². The first-order chi connectivity index (χ1) is 6.63. The lowest BCUT2D eigenvalue weighted by molar-refractivity contribution is 0.614. The number of nitrogens with zero attached hydrogens (tertiary/aromatic N) is 1. The van der Waals surface area contributed by atoms with Crippen LogP contribution in [0.25, 0.3) is 10.9 Å². The Bertz CT molecular complexity index is 559. The van der Waals surface area contributed by atoms with Crippen LogP contribution >= 0.6 is 0 Å². The molecule has 0 fully saturated rings. The van der Waals surface area contributed by atoms with Crippen LogP contribution in [0.4, 0.5) is 0 Å². The molecule has 0 bridgehead atoms. The van der Waals surface area contributed by atoms with Crippen LogP contribution in [0.1, 0.15) is 5.69 Å². The van der Waals surface area contributed by atoms with Gasteiger partial charge in [0.1, 0.15) is 0 Å². The third kappa shape index (κ3) is 1.14. The molecule has 0 radical (unpaired) electrons. The van der Waals surface area contributed by atoms with Crippen molar-refractivity contribution in [3.8, 4) is 0 Å². The van der Waals surface area contributed by atoms with Crippen molar-refractivity contribution in [3.05, 3.63) is 30.0 Å². The SMILES string of the molecule is Cc1c([SH](=O)=O)c2ccccc2n1C. The molecular weight excluding hydrogens is 198 g/mol. The van der Waals surface area contributed by atoms with Gasteiger partial charge in [-0.2, -0.15) is 0 Å². The van der Waals surface area contributed by atoms with Crippen molar-refractivity contribution in [2.45, 2.75) is 11.8 Å². The van der Waals surface area contributed by atoms with Crippen LogP contribution in [0.5, 0.6) is 0 Å². The molecule has 1 aromatic heterocycles. The summed E-state index contributed by atoms with van der Waals surface area (Å²) in [5.74, 6) is 0. The molecule has 0 saturated carbocycles. The summed E-state index contributed by atoms with van der Waals surface area (Å²) < 4.78 is 24.0. The normalized spacial score (nSPS) is 11.4. The number of para-hydroxylation sites is 1. The van der Waals surface area contributed by atoms with E-state index in [1.807, 2.05) is 42.8 Å². The van der Waals surface area contributed by atoms with Crippen LogP contribution in [0.2, 0.25) is 0 Å². The van der Waals surface area contributed by atoms with Gasteiger partial charge < -0.3 is 4.57 Å². The Kier molecular flexibility index (Phi) is 2.07. The molecule has 0 aliphatic rings. The second-order valence-electron chi connectivity index (χ2n) is 3.27. The van der Waals surface area contributed by atoms with Gasteiger partial charge in [-0.1, -0.05) is 18.2 Å². The average Bonchev–Trinajstić information content (AvgIpc) is 2.41. The van der Waals surface area contributed by atoms with Gasteiger partial charge in [0.2, 0.25) is 0 Å². The summed E-state index contributed by atoms with van der Waals surface area (Å²) >= 11 is 0. The number of fused-ring (bicyclic) bond motifs is 1. The summed E-state index contributed by atoms with van der Waals surface area (Å²) in [7, 11) is -0.641. The quantitative estimate of drug-likeness (QED) is 0.722. The van der Waals surface area contributed by atoms with E-state index in [4.69, 9.17) is 0 Å². The Morgan fingerprint density at radius 2 is 1.86 bits per heavy atom. The number of benzene rings is 1. The van der Waals surface area contributed by atoms with E-state index in [2.05, 4.69) is 0 Å². The van der Waals surface area contributed by atoms with Crippen LogP contribution in [-0.4, -0.2) is 13.0 Å². The molecule has 0 aliphatic heterocycles. The highest BCUT2D eigenvalue weighted by atomic mass is 32.2.